The lowest BCUT2D eigenvalue weighted by atomic mass is 9.97. The van der Waals surface area contributed by atoms with Crippen molar-refractivity contribution in [1.82, 2.24) is 5.32 Å². The fourth-order valence-corrected chi connectivity index (χ4v) is 3.92. The van der Waals surface area contributed by atoms with Crippen LogP contribution >= 0.6 is 0 Å². The number of rotatable bonds is 5. The molecule has 0 spiro atoms. The molecule has 3 heteroatoms. The molecule has 2 N–H and O–H groups in total. The van der Waals surface area contributed by atoms with Crippen molar-refractivity contribution in [3.63, 3.8) is 0 Å². The number of aliphatic hydroxyl groups is 1. The molecular formula is C18H27NO2. The quantitative estimate of drug-likeness (QED) is 0.876. The molecule has 3 nitrogen and oxygen atoms in total. The summed E-state index contributed by atoms with van der Waals surface area (Å²) in [7, 11) is 0. The number of aryl methyl sites for hydroxylation is 2. The smallest absolute Gasteiger partial charge is 0.120 e. The van der Waals surface area contributed by atoms with Gasteiger partial charge < -0.3 is 15.2 Å². The molecule has 2 atom stereocenters. The summed E-state index contributed by atoms with van der Waals surface area (Å²) in [6, 6.07) is 6.94. The molecule has 2 unspecified atom stereocenters. The van der Waals surface area contributed by atoms with Crippen LogP contribution in [0.5, 0.6) is 5.75 Å². The standard InChI is InChI=1S/C18H27NO2/c1-13(2)19-18(12-20)9-8-17(11-18)21-16-7-6-14-4-3-5-15(14)10-16/h6-7,10,13,17,19-20H,3-5,8-9,11-12H2,1-2H3. The van der Waals surface area contributed by atoms with Crippen LogP contribution < -0.4 is 10.1 Å². The van der Waals surface area contributed by atoms with Gasteiger partial charge in [-0.05, 0) is 55.4 Å². The summed E-state index contributed by atoms with van der Waals surface area (Å²) in [5.41, 5.74) is 2.79. The molecule has 2 aliphatic carbocycles. The highest BCUT2D eigenvalue weighted by molar-refractivity contribution is 5.38. The highest BCUT2D eigenvalue weighted by Crippen LogP contribution is 2.34. The van der Waals surface area contributed by atoms with Crippen LogP contribution in [0.1, 0.15) is 50.7 Å². The number of hydrogen-bond acceptors (Lipinski definition) is 3. The van der Waals surface area contributed by atoms with Gasteiger partial charge in [0.2, 0.25) is 0 Å². The first-order chi connectivity index (χ1) is 10.1. The lowest BCUT2D eigenvalue weighted by Crippen LogP contribution is -2.50. The van der Waals surface area contributed by atoms with Gasteiger partial charge in [0.15, 0.2) is 0 Å². The number of nitrogens with one attached hydrogen (secondary N) is 1. The maximum absolute atomic E-state index is 9.76. The molecule has 2 aliphatic rings. The van der Waals surface area contributed by atoms with Gasteiger partial charge in [-0.15, -0.1) is 0 Å². The fourth-order valence-electron chi connectivity index (χ4n) is 3.92. The van der Waals surface area contributed by atoms with Gasteiger partial charge >= 0.3 is 0 Å². The first-order valence-corrected chi connectivity index (χ1v) is 8.27. The third-order valence-corrected chi connectivity index (χ3v) is 4.83. The minimum absolute atomic E-state index is 0.157. The Bertz CT molecular complexity index is 500. The largest absolute Gasteiger partial charge is 0.490 e. The third kappa shape index (κ3) is 3.24. The van der Waals surface area contributed by atoms with Gasteiger partial charge in [-0.1, -0.05) is 19.9 Å². The van der Waals surface area contributed by atoms with E-state index in [4.69, 9.17) is 4.74 Å². The third-order valence-electron chi connectivity index (χ3n) is 4.83. The minimum Gasteiger partial charge on any atom is -0.490 e. The van der Waals surface area contributed by atoms with E-state index in [1.54, 1.807) is 0 Å². The normalized spacial score (nSPS) is 28.1. The molecule has 0 saturated heterocycles. The molecule has 3 rings (SSSR count). The number of fused-ring (bicyclic) bond motifs is 1. The Kier molecular flexibility index (Phi) is 4.23. The van der Waals surface area contributed by atoms with Crippen LogP contribution in [0.2, 0.25) is 0 Å². The maximum atomic E-state index is 9.76. The van der Waals surface area contributed by atoms with Crippen LogP contribution in [0, 0.1) is 0 Å². The van der Waals surface area contributed by atoms with Crippen LogP contribution in [0.15, 0.2) is 18.2 Å². The second-order valence-corrected chi connectivity index (χ2v) is 7.00. The SMILES string of the molecule is CC(C)NC1(CO)CCC(Oc2ccc3c(c2)CCC3)C1. The van der Waals surface area contributed by atoms with Gasteiger partial charge in [-0.3, -0.25) is 0 Å². The van der Waals surface area contributed by atoms with E-state index in [2.05, 4.69) is 37.4 Å². The van der Waals surface area contributed by atoms with Crippen molar-refractivity contribution in [2.45, 2.75) is 70.1 Å². The molecule has 21 heavy (non-hydrogen) atoms. The van der Waals surface area contributed by atoms with Gasteiger partial charge in [0.1, 0.15) is 11.9 Å². The fraction of sp³-hybridized carbons (Fsp3) is 0.667. The lowest BCUT2D eigenvalue weighted by Gasteiger charge is -2.30. The van der Waals surface area contributed by atoms with Crippen LogP contribution in [0.4, 0.5) is 0 Å². The van der Waals surface area contributed by atoms with Crippen LogP contribution in [-0.4, -0.2) is 29.4 Å². The number of hydrogen-bond donors (Lipinski definition) is 2. The average molecular weight is 289 g/mol. The summed E-state index contributed by atoms with van der Waals surface area (Å²) >= 11 is 0. The number of ether oxygens (including phenoxy) is 1. The van der Waals surface area contributed by atoms with Crippen molar-refractivity contribution in [1.29, 1.82) is 0 Å². The molecule has 1 fully saturated rings. The Morgan fingerprint density at radius 3 is 2.90 bits per heavy atom. The summed E-state index contributed by atoms with van der Waals surface area (Å²) in [6.07, 6.45) is 6.77. The second-order valence-electron chi connectivity index (χ2n) is 7.00. The van der Waals surface area contributed by atoms with Crippen molar-refractivity contribution in [2.75, 3.05) is 6.61 Å². The minimum atomic E-state index is -0.157. The summed E-state index contributed by atoms with van der Waals surface area (Å²) in [5, 5.41) is 13.3. The topological polar surface area (TPSA) is 41.5 Å². The second kappa shape index (κ2) is 5.98. The van der Waals surface area contributed by atoms with Crippen molar-refractivity contribution in [2.24, 2.45) is 0 Å². The van der Waals surface area contributed by atoms with Crippen molar-refractivity contribution in [3.8, 4) is 5.75 Å². The Labute approximate surface area is 127 Å². The molecule has 116 valence electrons. The molecule has 0 amide bonds. The van der Waals surface area contributed by atoms with Crippen LogP contribution in [-0.2, 0) is 12.8 Å². The highest BCUT2D eigenvalue weighted by Gasteiger charge is 2.40. The van der Waals surface area contributed by atoms with E-state index in [-0.39, 0.29) is 18.2 Å². The molecule has 0 aliphatic heterocycles. The van der Waals surface area contributed by atoms with Gasteiger partial charge in [0, 0.05) is 18.0 Å². The zero-order valence-corrected chi connectivity index (χ0v) is 13.2. The highest BCUT2D eigenvalue weighted by atomic mass is 16.5. The predicted octanol–water partition coefficient (Wildman–Crippen LogP) is 2.84. The van der Waals surface area contributed by atoms with E-state index < -0.39 is 0 Å². The molecule has 1 aromatic rings. The monoisotopic (exact) mass is 289 g/mol. The molecule has 0 aromatic heterocycles. The summed E-state index contributed by atoms with van der Waals surface area (Å²) in [5.74, 6) is 0.999. The predicted molar refractivity (Wildman–Crippen MR) is 84.8 cm³/mol. The Morgan fingerprint density at radius 1 is 1.33 bits per heavy atom. The summed E-state index contributed by atoms with van der Waals surface area (Å²) in [6.45, 7) is 4.45. The molecule has 0 bridgehead atoms. The van der Waals surface area contributed by atoms with E-state index in [0.717, 1.165) is 25.0 Å². The number of aliphatic hydroxyl groups excluding tert-OH is 1. The first kappa shape index (κ1) is 14.9. The van der Waals surface area contributed by atoms with Gasteiger partial charge in [-0.2, -0.15) is 0 Å². The zero-order chi connectivity index (χ0) is 14.9. The van der Waals surface area contributed by atoms with Gasteiger partial charge in [0.25, 0.3) is 0 Å². The Hall–Kier alpha value is -1.06. The molecule has 0 heterocycles. The summed E-state index contributed by atoms with van der Waals surface area (Å²) in [4.78, 5) is 0. The summed E-state index contributed by atoms with van der Waals surface area (Å²) < 4.78 is 6.19. The Morgan fingerprint density at radius 2 is 2.14 bits per heavy atom. The maximum Gasteiger partial charge on any atom is 0.120 e. The molecule has 1 saturated carbocycles. The van der Waals surface area contributed by atoms with E-state index >= 15 is 0 Å². The lowest BCUT2D eigenvalue weighted by molar-refractivity contribution is 0.133. The Balaban J connectivity index is 1.64. The average Bonchev–Trinajstić information content (AvgIpc) is 3.05. The van der Waals surface area contributed by atoms with E-state index in [0.29, 0.717) is 6.04 Å². The molecule has 1 aromatic carbocycles. The van der Waals surface area contributed by atoms with Crippen LogP contribution in [0.25, 0.3) is 0 Å². The van der Waals surface area contributed by atoms with E-state index in [9.17, 15) is 5.11 Å². The van der Waals surface area contributed by atoms with Gasteiger partial charge in [-0.25, -0.2) is 0 Å². The van der Waals surface area contributed by atoms with E-state index in [1.165, 1.54) is 30.4 Å². The first-order valence-electron chi connectivity index (χ1n) is 8.27. The number of benzene rings is 1. The molecule has 0 radical (unpaired) electrons. The van der Waals surface area contributed by atoms with Gasteiger partial charge in [0.05, 0.1) is 6.61 Å². The van der Waals surface area contributed by atoms with Crippen molar-refractivity contribution < 1.29 is 9.84 Å². The van der Waals surface area contributed by atoms with Crippen molar-refractivity contribution >= 4 is 0 Å². The van der Waals surface area contributed by atoms with E-state index in [1.807, 2.05) is 0 Å². The van der Waals surface area contributed by atoms with Crippen molar-refractivity contribution in [3.05, 3.63) is 29.3 Å². The van der Waals surface area contributed by atoms with Crippen LogP contribution in [0.3, 0.4) is 0 Å². The zero-order valence-electron chi connectivity index (χ0n) is 13.2. The molecular weight excluding hydrogens is 262 g/mol.